The first-order chi connectivity index (χ1) is 9.79. The van der Waals surface area contributed by atoms with E-state index in [1.807, 2.05) is 11.6 Å². The van der Waals surface area contributed by atoms with Crippen molar-refractivity contribution in [1.82, 2.24) is 9.55 Å². The van der Waals surface area contributed by atoms with E-state index in [2.05, 4.69) is 29.2 Å². The van der Waals surface area contributed by atoms with E-state index in [0.29, 0.717) is 11.7 Å². The molecular formula is C16H18N2O2. The van der Waals surface area contributed by atoms with Gasteiger partial charge in [0.2, 0.25) is 0 Å². The van der Waals surface area contributed by atoms with Crippen LogP contribution < -0.4 is 0 Å². The summed E-state index contributed by atoms with van der Waals surface area (Å²) in [6, 6.07) is 8.53. The van der Waals surface area contributed by atoms with Crippen LogP contribution in [0.5, 0.6) is 0 Å². The molecule has 0 bridgehead atoms. The molecule has 3 rings (SSSR count). The van der Waals surface area contributed by atoms with E-state index in [0.717, 1.165) is 43.6 Å². The molecule has 4 nitrogen and oxygen atoms in total. The minimum atomic E-state index is 0.455. The molecule has 0 spiro atoms. The van der Waals surface area contributed by atoms with Crippen molar-refractivity contribution in [3.05, 3.63) is 41.9 Å². The molecule has 1 aliphatic heterocycles. The number of benzene rings is 1. The summed E-state index contributed by atoms with van der Waals surface area (Å²) in [6.07, 6.45) is 4.70. The molecule has 0 amide bonds. The molecule has 0 saturated carbocycles. The fourth-order valence-corrected chi connectivity index (χ4v) is 2.78. The quantitative estimate of drug-likeness (QED) is 0.806. The fraction of sp³-hybridized carbons (Fsp3) is 0.375. The van der Waals surface area contributed by atoms with Gasteiger partial charge in [-0.05, 0) is 30.4 Å². The van der Waals surface area contributed by atoms with Crippen molar-refractivity contribution < 1.29 is 9.53 Å². The summed E-state index contributed by atoms with van der Waals surface area (Å²) in [4.78, 5) is 15.0. The number of hydrogen-bond donors (Lipinski definition) is 0. The zero-order valence-electron chi connectivity index (χ0n) is 11.6. The van der Waals surface area contributed by atoms with Gasteiger partial charge in [-0.2, -0.15) is 0 Å². The van der Waals surface area contributed by atoms with Crippen molar-refractivity contribution in [2.24, 2.45) is 7.05 Å². The molecule has 0 N–H and O–H groups in total. The van der Waals surface area contributed by atoms with Crippen LogP contribution in [0.4, 0.5) is 0 Å². The predicted octanol–water partition coefficient (Wildman–Crippen LogP) is 2.79. The first-order valence-electron chi connectivity index (χ1n) is 6.94. The Labute approximate surface area is 118 Å². The number of carbonyl (C=O) groups excluding carboxylic acids is 1. The molecule has 1 aromatic heterocycles. The summed E-state index contributed by atoms with van der Waals surface area (Å²) in [5.74, 6) is 1.03. The lowest BCUT2D eigenvalue weighted by Crippen LogP contribution is -2.14. The maximum absolute atomic E-state index is 10.9. The van der Waals surface area contributed by atoms with Gasteiger partial charge in [-0.15, -0.1) is 0 Å². The highest BCUT2D eigenvalue weighted by atomic mass is 16.5. The number of aldehydes is 1. The monoisotopic (exact) mass is 270 g/mol. The van der Waals surface area contributed by atoms with E-state index in [1.165, 1.54) is 5.56 Å². The Hall–Kier alpha value is -1.94. The average molecular weight is 270 g/mol. The molecule has 1 fully saturated rings. The molecule has 104 valence electrons. The lowest BCUT2D eigenvalue weighted by molar-refractivity contribution is 0.0853. The number of ether oxygens (including phenoxy) is 1. The summed E-state index contributed by atoms with van der Waals surface area (Å²) >= 11 is 0. The Bertz CT molecular complexity index is 613. The van der Waals surface area contributed by atoms with E-state index in [4.69, 9.17) is 4.74 Å². The van der Waals surface area contributed by atoms with Crippen LogP contribution in [-0.2, 0) is 11.8 Å². The van der Waals surface area contributed by atoms with E-state index >= 15 is 0 Å². The highest BCUT2D eigenvalue weighted by molar-refractivity contribution is 5.73. The topological polar surface area (TPSA) is 44.1 Å². The molecule has 0 unspecified atom stereocenters. The van der Waals surface area contributed by atoms with Crippen LogP contribution in [0.25, 0.3) is 11.3 Å². The molecule has 2 aromatic rings. The van der Waals surface area contributed by atoms with Crippen LogP contribution in [0.1, 0.15) is 34.9 Å². The second-order valence-corrected chi connectivity index (χ2v) is 5.19. The Kier molecular flexibility index (Phi) is 3.65. The first kappa shape index (κ1) is 13.1. The Morgan fingerprint density at radius 3 is 2.85 bits per heavy atom. The van der Waals surface area contributed by atoms with Gasteiger partial charge in [-0.3, -0.25) is 4.79 Å². The van der Waals surface area contributed by atoms with Gasteiger partial charge in [0.25, 0.3) is 0 Å². The number of rotatable bonds is 3. The van der Waals surface area contributed by atoms with Gasteiger partial charge in [-0.25, -0.2) is 4.98 Å². The smallest absolute Gasteiger partial charge is 0.185 e. The minimum Gasteiger partial charge on any atom is -0.381 e. The second-order valence-electron chi connectivity index (χ2n) is 5.19. The van der Waals surface area contributed by atoms with Gasteiger partial charge in [0, 0.05) is 25.8 Å². The normalized spacial score (nSPS) is 16.2. The molecule has 0 radical (unpaired) electrons. The van der Waals surface area contributed by atoms with Crippen molar-refractivity contribution in [3.63, 3.8) is 0 Å². The fourth-order valence-electron chi connectivity index (χ4n) is 2.78. The van der Waals surface area contributed by atoms with Gasteiger partial charge in [0.1, 0.15) is 0 Å². The van der Waals surface area contributed by atoms with Crippen LogP contribution in [0.15, 0.2) is 30.5 Å². The third-order valence-electron chi connectivity index (χ3n) is 4.00. The standard InChI is InChI=1S/C16H18N2O2/c1-18-15(10-17-16(18)11-19)14-4-2-3-13(9-14)12-5-7-20-8-6-12/h2-4,9-12H,5-8H2,1H3. The number of nitrogens with zero attached hydrogens (tertiary/aromatic N) is 2. The summed E-state index contributed by atoms with van der Waals surface area (Å²) < 4.78 is 7.25. The summed E-state index contributed by atoms with van der Waals surface area (Å²) in [6.45, 7) is 1.69. The minimum absolute atomic E-state index is 0.455. The number of aromatic nitrogens is 2. The van der Waals surface area contributed by atoms with Crippen molar-refractivity contribution in [1.29, 1.82) is 0 Å². The van der Waals surface area contributed by atoms with Gasteiger partial charge in [0.05, 0.1) is 11.9 Å². The molecule has 1 saturated heterocycles. The van der Waals surface area contributed by atoms with Crippen molar-refractivity contribution >= 4 is 6.29 Å². The molecule has 0 aliphatic carbocycles. The largest absolute Gasteiger partial charge is 0.381 e. The molecule has 1 aliphatic rings. The lowest BCUT2D eigenvalue weighted by Gasteiger charge is -2.22. The van der Waals surface area contributed by atoms with Crippen LogP contribution in [-0.4, -0.2) is 29.1 Å². The van der Waals surface area contributed by atoms with E-state index in [9.17, 15) is 4.79 Å². The maximum atomic E-state index is 10.9. The summed E-state index contributed by atoms with van der Waals surface area (Å²) in [5.41, 5.74) is 3.43. The number of imidazole rings is 1. The van der Waals surface area contributed by atoms with E-state index in [-0.39, 0.29) is 0 Å². The Morgan fingerprint density at radius 2 is 2.15 bits per heavy atom. The predicted molar refractivity (Wildman–Crippen MR) is 76.8 cm³/mol. The third kappa shape index (κ3) is 2.39. The number of hydrogen-bond acceptors (Lipinski definition) is 3. The maximum Gasteiger partial charge on any atom is 0.185 e. The van der Waals surface area contributed by atoms with Crippen LogP contribution in [0.2, 0.25) is 0 Å². The van der Waals surface area contributed by atoms with Crippen LogP contribution >= 0.6 is 0 Å². The second kappa shape index (κ2) is 5.59. The zero-order valence-corrected chi connectivity index (χ0v) is 11.6. The SMILES string of the molecule is Cn1c(-c2cccc(C3CCOCC3)c2)cnc1C=O. The Balaban J connectivity index is 1.94. The highest BCUT2D eigenvalue weighted by Crippen LogP contribution is 2.30. The van der Waals surface area contributed by atoms with Crippen molar-refractivity contribution in [3.8, 4) is 11.3 Å². The van der Waals surface area contributed by atoms with E-state index in [1.54, 1.807) is 6.20 Å². The van der Waals surface area contributed by atoms with Gasteiger partial charge >= 0.3 is 0 Å². The lowest BCUT2D eigenvalue weighted by atomic mass is 9.90. The summed E-state index contributed by atoms with van der Waals surface area (Å²) in [7, 11) is 1.87. The van der Waals surface area contributed by atoms with E-state index < -0.39 is 0 Å². The van der Waals surface area contributed by atoms with Gasteiger partial charge in [-0.1, -0.05) is 18.2 Å². The molecular weight excluding hydrogens is 252 g/mol. The average Bonchev–Trinajstić information content (AvgIpc) is 2.89. The van der Waals surface area contributed by atoms with Gasteiger partial charge in [0.15, 0.2) is 12.1 Å². The third-order valence-corrected chi connectivity index (χ3v) is 4.00. The Morgan fingerprint density at radius 1 is 1.35 bits per heavy atom. The molecule has 2 heterocycles. The van der Waals surface area contributed by atoms with Crippen molar-refractivity contribution in [2.45, 2.75) is 18.8 Å². The zero-order chi connectivity index (χ0) is 13.9. The molecule has 1 aromatic carbocycles. The van der Waals surface area contributed by atoms with Crippen LogP contribution in [0, 0.1) is 0 Å². The molecule has 4 heteroatoms. The molecule has 0 atom stereocenters. The molecule has 20 heavy (non-hydrogen) atoms. The first-order valence-corrected chi connectivity index (χ1v) is 6.94. The van der Waals surface area contributed by atoms with Crippen LogP contribution in [0.3, 0.4) is 0 Å². The van der Waals surface area contributed by atoms with Crippen molar-refractivity contribution in [2.75, 3.05) is 13.2 Å². The number of carbonyl (C=O) groups is 1. The van der Waals surface area contributed by atoms with Gasteiger partial charge < -0.3 is 9.30 Å². The highest BCUT2D eigenvalue weighted by Gasteiger charge is 2.17. The summed E-state index contributed by atoms with van der Waals surface area (Å²) in [5, 5.41) is 0.